The second-order valence-corrected chi connectivity index (χ2v) is 5.45. The molecule has 0 saturated heterocycles. The minimum atomic E-state index is -0.646. The van der Waals surface area contributed by atoms with Gasteiger partial charge >= 0.3 is 5.69 Å². The molecule has 1 atom stereocenters. The van der Waals surface area contributed by atoms with Gasteiger partial charge in [0.2, 0.25) is 0 Å². The van der Waals surface area contributed by atoms with Crippen LogP contribution in [-0.4, -0.2) is 29.0 Å². The Hall–Kier alpha value is -1.95. The van der Waals surface area contributed by atoms with Gasteiger partial charge in [-0.2, -0.15) is 0 Å². The van der Waals surface area contributed by atoms with Crippen LogP contribution in [0.4, 0.5) is 5.69 Å². The highest BCUT2D eigenvalue weighted by Gasteiger charge is 2.21. The minimum absolute atomic E-state index is 0.000347. The van der Waals surface area contributed by atoms with E-state index in [0.717, 1.165) is 12.8 Å². The molecule has 1 aliphatic carbocycles. The predicted molar refractivity (Wildman–Crippen MR) is 76.6 cm³/mol. The summed E-state index contributed by atoms with van der Waals surface area (Å²) < 4.78 is 5.36. The number of carbonyl (C=O) groups excluding carboxylic acids is 1. The summed E-state index contributed by atoms with van der Waals surface area (Å²) >= 11 is 0. The van der Waals surface area contributed by atoms with E-state index in [4.69, 9.17) is 4.74 Å². The third-order valence-corrected chi connectivity index (χ3v) is 3.83. The van der Waals surface area contributed by atoms with E-state index in [1.54, 1.807) is 0 Å². The van der Waals surface area contributed by atoms with Crippen LogP contribution in [0.15, 0.2) is 18.2 Å². The molecule has 2 rings (SSSR count). The summed E-state index contributed by atoms with van der Waals surface area (Å²) in [5, 5.41) is 20.9. The highest BCUT2D eigenvalue weighted by molar-refractivity contribution is 5.76. The standard InChI is InChI=1S/C15H19NO5/c17-9-12-5-6-14(16(19)20)15(8-12)21-10-13(18)7-11-3-1-2-4-11/h5-6,8-9,11,13,18H,1-4,7,10H2. The first-order valence-corrected chi connectivity index (χ1v) is 7.14. The number of hydrogen-bond donors (Lipinski definition) is 1. The number of aliphatic hydroxyl groups is 1. The Labute approximate surface area is 122 Å². The van der Waals surface area contributed by atoms with Gasteiger partial charge < -0.3 is 9.84 Å². The van der Waals surface area contributed by atoms with Crippen LogP contribution in [0.1, 0.15) is 42.5 Å². The number of benzene rings is 1. The summed E-state index contributed by atoms with van der Waals surface area (Å²) in [6.07, 6.45) is 5.26. The van der Waals surface area contributed by atoms with Gasteiger partial charge in [0.25, 0.3) is 0 Å². The number of carbonyl (C=O) groups is 1. The molecule has 6 nitrogen and oxygen atoms in total. The Morgan fingerprint density at radius 2 is 2.14 bits per heavy atom. The zero-order valence-corrected chi connectivity index (χ0v) is 11.7. The van der Waals surface area contributed by atoms with Crippen LogP contribution in [0.3, 0.4) is 0 Å². The van der Waals surface area contributed by atoms with Crippen molar-refractivity contribution in [2.24, 2.45) is 5.92 Å². The maximum Gasteiger partial charge on any atom is 0.310 e. The summed E-state index contributed by atoms with van der Waals surface area (Å²) in [6, 6.07) is 3.93. The zero-order chi connectivity index (χ0) is 15.2. The Morgan fingerprint density at radius 1 is 1.43 bits per heavy atom. The molecule has 6 heteroatoms. The van der Waals surface area contributed by atoms with E-state index in [0.29, 0.717) is 24.2 Å². The SMILES string of the molecule is O=Cc1ccc([N+](=O)[O-])c(OCC(O)CC2CCCC2)c1. The number of rotatable bonds is 7. The molecule has 0 heterocycles. The molecule has 114 valence electrons. The molecule has 1 unspecified atom stereocenters. The fourth-order valence-electron chi connectivity index (χ4n) is 2.76. The Morgan fingerprint density at radius 3 is 2.76 bits per heavy atom. The third-order valence-electron chi connectivity index (χ3n) is 3.83. The van der Waals surface area contributed by atoms with Crippen LogP contribution in [0.25, 0.3) is 0 Å². The molecule has 0 spiro atoms. The molecule has 1 aromatic carbocycles. The molecule has 1 N–H and O–H groups in total. The molecular formula is C15H19NO5. The number of nitrogens with zero attached hydrogens (tertiary/aromatic N) is 1. The first kappa shape index (κ1) is 15.4. The van der Waals surface area contributed by atoms with Crippen molar-refractivity contribution in [3.8, 4) is 5.75 Å². The van der Waals surface area contributed by atoms with Gasteiger partial charge in [0.1, 0.15) is 12.9 Å². The fraction of sp³-hybridized carbons (Fsp3) is 0.533. The highest BCUT2D eigenvalue weighted by atomic mass is 16.6. The van der Waals surface area contributed by atoms with Crippen LogP contribution >= 0.6 is 0 Å². The lowest BCUT2D eigenvalue weighted by Crippen LogP contribution is -2.20. The van der Waals surface area contributed by atoms with Crippen molar-refractivity contribution in [3.05, 3.63) is 33.9 Å². The van der Waals surface area contributed by atoms with Crippen LogP contribution in [0.2, 0.25) is 0 Å². The molecule has 0 amide bonds. The second-order valence-electron chi connectivity index (χ2n) is 5.45. The highest BCUT2D eigenvalue weighted by Crippen LogP contribution is 2.30. The Kier molecular flexibility index (Phi) is 5.27. The van der Waals surface area contributed by atoms with Crippen LogP contribution in [0.5, 0.6) is 5.75 Å². The van der Waals surface area contributed by atoms with Crippen molar-refractivity contribution in [3.63, 3.8) is 0 Å². The number of nitro groups is 1. The predicted octanol–water partition coefficient (Wildman–Crippen LogP) is 2.73. The van der Waals surface area contributed by atoms with Gasteiger partial charge in [0.05, 0.1) is 11.0 Å². The van der Waals surface area contributed by atoms with Crippen molar-refractivity contribution in [1.82, 2.24) is 0 Å². The molecule has 21 heavy (non-hydrogen) atoms. The molecular weight excluding hydrogens is 274 g/mol. The van der Waals surface area contributed by atoms with Crippen molar-refractivity contribution < 1.29 is 19.6 Å². The molecule has 1 saturated carbocycles. The quantitative estimate of drug-likeness (QED) is 0.474. The molecule has 1 aliphatic rings. The lowest BCUT2D eigenvalue weighted by atomic mass is 10.0. The van der Waals surface area contributed by atoms with Crippen LogP contribution < -0.4 is 4.74 Å². The number of aliphatic hydroxyl groups excluding tert-OH is 1. The van der Waals surface area contributed by atoms with Gasteiger partial charge in [0.15, 0.2) is 5.75 Å². The number of hydrogen-bond acceptors (Lipinski definition) is 5. The lowest BCUT2D eigenvalue weighted by Gasteiger charge is -2.16. The number of ether oxygens (including phenoxy) is 1. The van der Waals surface area contributed by atoms with E-state index >= 15 is 0 Å². The van der Waals surface area contributed by atoms with Gasteiger partial charge in [-0.25, -0.2) is 0 Å². The average Bonchev–Trinajstić information content (AvgIpc) is 2.97. The van der Waals surface area contributed by atoms with E-state index in [1.165, 1.54) is 31.0 Å². The van der Waals surface area contributed by atoms with Crippen LogP contribution in [-0.2, 0) is 0 Å². The second kappa shape index (κ2) is 7.17. The zero-order valence-electron chi connectivity index (χ0n) is 11.7. The van der Waals surface area contributed by atoms with Gasteiger partial charge in [-0.3, -0.25) is 14.9 Å². The summed E-state index contributed by atoms with van der Waals surface area (Å²) in [4.78, 5) is 21.1. The van der Waals surface area contributed by atoms with Crippen molar-refractivity contribution in [2.75, 3.05) is 6.61 Å². The molecule has 1 aromatic rings. The van der Waals surface area contributed by atoms with Crippen molar-refractivity contribution in [2.45, 2.75) is 38.2 Å². The average molecular weight is 293 g/mol. The van der Waals surface area contributed by atoms with Crippen molar-refractivity contribution in [1.29, 1.82) is 0 Å². The van der Waals surface area contributed by atoms with Gasteiger partial charge in [-0.15, -0.1) is 0 Å². The molecule has 1 fully saturated rings. The Bertz CT molecular complexity index is 511. The lowest BCUT2D eigenvalue weighted by molar-refractivity contribution is -0.385. The number of aldehydes is 1. The van der Waals surface area contributed by atoms with Crippen molar-refractivity contribution >= 4 is 12.0 Å². The third kappa shape index (κ3) is 4.26. The van der Waals surface area contributed by atoms with Gasteiger partial charge in [-0.1, -0.05) is 25.7 Å². The van der Waals surface area contributed by atoms with E-state index < -0.39 is 11.0 Å². The van der Waals surface area contributed by atoms with Crippen LogP contribution in [0, 0.1) is 16.0 Å². The summed E-state index contributed by atoms with van der Waals surface area (Å²) in [7, 11) is 0. The molecule has 0 bridgehead atoms. The summed E-state index contributed by atoms with van der Waals surface area (Å²) in [5.41, 5.74) is 0.106. The summed E-state index contributed by atoms with van der Waals surface area (Å²) in [6.45, 7) is -0.000347. The normalized spacial score (nSPS) is 16.6. The minimum Gasteiger partial charge on any atom is -0.484 e. The monoisotopic (exact) mass is 293 g/mol. The van der Waals surface area contributed by atoms with E-state index in [1.807, 2.05) is 0 Å². The fourth-order valence-corrected chi connectivity index (χ4v) is 2.76. The summed E-state index contributed by atoms with van der Waals surface area (Å²) in [5.74, 6) is 0.537. The maximum atomic E-state index is 10.9. The van der Waals surface area contributed by atoms with Gasteiger partial charge in [-0.05, 0) is 24.5 Å². The molecule has 0 radical (unpaired) electrons. The van der Waals surface area contributed by atoms with E-state index in [2.05, 4.69) is 0 Å². The smallest absolute Gasteiger partial charge is 0.310 e. The number of nitro benzene ring substituents is 1. The largest absolute Gasteiger partial charge is 0.484 e. The first-order chi connectivity index (χ1) is 10.1. The first-order valence-electron chi connectivity index (χ1n) is 7.14. The van der Waals surface area contributed by atoms with Gasteiger partial charge in [0, 0.05) is 11.6 Å². The topological polar surface area (TPSA) is 89.7 Å². The maximum absolute atomic E-state index is 10.9. The molecule has 0 aliphatic heterocycles. The van der Waals surface area contributed by atoms with E-state index in [-0.39, 0.29) is 18.0 Å². The molecule has 0 aromatic heterocycles. The van der Waals surface area contributed by atoms with E-state index in [9.17, 15) is 20.0 Å². The Balaban J connectivity index is 1.97.